The van der Waals surface area contributed by atoms with Crippen LogP contribution < -0.4 is 13.3 Å². The summed E-state index contributed by atoms with van der Waals surface area (Å²) in [5.41, 5.74) is 6.40. The van der Waals surface area contributed by atoms with Gasteiger partial charge in [-0.3, -0.25) is 8.61 Å². The molecule has 50 heavy (non-hydrogen) atoms. The lowest BCUT2D eigenvalue weighted by Gasteiger charge is -2.42. The van der Waals surface area contributed by atoms with Crippen molar-refractivity contribution in [1.82, 2.24) is 0 Å². The van der Waals surface area contributed by atoms with Gasteiger partial charge < -0.3 is 4.74 Å². The van der Waals surface area contributed by atoms with E-state index < -0.39 is 31.1 Å². The second-order valence-electron chi connectivity index (χ2n) is 14.4. The molecule has 0 spiro atoms. The second-order valence-corrected chi connectivity index (χ2v) is 18.0. The fraction of sp³-hybridized carbons (Fsp3) is 0.317. The van der Waals surface area contributed by atoms with Crippen molar-refractivity contribution in [2.75, 3.05) is 15.2 Å². The first-order valence-electron chi connectivity index (χ1n) is 17.0. The van der Waals surface area contributed by atoms with E-state index in [2.05, 4.69) is 6.08 Å². The topological polar surface area (TPSA) is 84.0 Å². The molecule has 0 aromatic heterocycles. The summed E-state index contributed by atoms with van der Waals surface area (Å²) in [7, 11) is -7.77. The Labute approximate surface area is 298 Å². The molecule has 0 unspecified atom stereocenters. The Bertz CT molecular complexity index is 2230. The van der Waals surface area contributed by atoms with E-state index in [9.17, 15) is 16.8 Å². The predicted molar refractivity (Wildman–Crippen MR) is 204 cm³/mol. The first-order valence-corrected chi connectivity index (χ1v) is 19.9. The Kier molecular flexibility index (Phi) is 9.06. The highest BCUT2D eigenvalue weighted by molar-refractivity contribution is 7.93. The molecule has 9 heteroatoms. The zero-order valence-corrected chi connectivity index (χ0v) is 31.7. The average Bonchev–Trinajstić information content (AvgIpc) is 3.03. The lowest BCUT2D eigenvalue weighted by atomic mass is 9.87. The third kappa shape index (κ3) is 6.37. The van der Waals surface area contributed by atoms with Crippen LogP contribution in [0.15, 0.2) is 107 Å². The molecule has 0 saturated heterocycles. The molecule has 262 valence electrons. The number of benzene rings is 4. The monoisotopic (exact) mass is 710 g/mol. The minimum atomic E-state index is -3.91. The molecule has 0 aliphatic carbocycles. The van der Waals surface area contributed by atoms with E-state index in [0.717, 1.165) is 39.0 Å². The maximum Gasteiger partial charge on any atom is 0.265 e. The van der Waals surface area contributed by atoms with Gasteiger partial charge in [-0.15, -0.1) is 0 Å². The summed E-state index contributed by atoms with van der Waals surface area (Å²) in [5, 5.41) is 0. The molecule has 0 N–H and O–H groups in total. The molecule has 0 amide bonds. The largest absolute Gasteiger partial charge is 0.494 e. The minimum Gasteiger partial charge on any atom is -0.494 e. The highest BCUT2D eigenvalue weighted by atomic mass is 32.2. The molecule has 4 aromatic rings. The molecule has 0 radical (unpaired) electrons. The molecule has 4 aromatic carbocycles. The normalized spacial score (nSPS) is 16.6. The zero-order valence-electron chi connectivity index (χ0n) is 30.1. The standard InChI is InChI=1S/C41H46N2O5S2/c1-9-48-33-17-23-38-37(25-33)30(4)26-40(5,6)42(38)49(44,45)35-20-14-31(15-21-35)13-16-32-27-41(7,8)43(39-24-29(3)12-22-36(32)39)50(46,47)34-18-10-28(2)11-19-34/h10-12,14-15,17-27H,9,13,16H2,1-8H3. The van der Waals surface area contributed by atoms with Crippen LogP contribution in [0.1, 0.15) is 75.8 Å². The number of hydrogen-bond donors (Lipinski definition) is 0. The van der Waals surface area contributed by atoms with Crippen LogP contribution in [0.3, 0.4) is 0 Å². The van der Waals surface area contributed by atoms with Gasteiger partial charge in [-0.25, -0.2) is 16.8 Å². The average molecular weight is 711 g/mol. The van der Waals surface area contributed by atoms with Gasteiger partial charge in [0, 0.05) is 11.1 Å². The summed E-state index contributed by atoms with van der Waals surface area (Å²) in [6, 6.07) is 25.6. The maximum absolute atomic E-state index is 14.3. The number of sulfonamides is 2. The van der Waals surface area contributed by atoms with Crippen molar-refractivity contribution < 1.29 is 21.6 Å². The van der Waals surface area contributed by atoms with Crippen LogP contribution in [-0.4, -0.2) is 34.5 Å². The lowest BCUT2D eigenvalue weighted by Crippen LogP contribution is -2.49. The first kappa shape index (κ1) is 35.5. The Morgan fingerprint density at radius 2 is 1.16 bits per heavy atom. The van der Waals surface area contributed by atoms with Crippen LogP contribution in [0.2, 0.25) is 0 Å². The van der Waals surface area contributed by atoms with Crippen molar-refractivity contribution in [2.45, 2.75) is 89.1 Å². The van der Waals surface area contributed by atoms with Crippen molar-refractivity contribution in [2.24, 2.45) is 0 Å². The Morgan fingerprint density at radius 1 is 0.600 bits per heavy atom. The van der Waals surface area contributed by atoms with E-state index in [1.807, 2.05) is 122 Å². The molecule has 2 aliphatic rings. The highest BCUT2D eigenvalue weighted by Gasteiger charge is 2.42. The summed E-state index contributed by atoms with van der Waals surface area (Å²) >= 11 is 0. The molecule has 0 saturated carbocycles. The number of allylic oxidation sites excluding steroid dienone is 2. The molecule has 0 fully saturated rings. The van der Waals surface area contributed by atoms with E-state index in [1.54, 1.807) is 28.6 Å². The fourth-order valence-corrected chi connectivity index (χ4v) is 10.9. The number of fused-ring (bicyclic) bond motifs is 2. The van der Waals surface area contributed by atoms with Gasteiger partial charge in [0.25, 0.3) is 20.0 Å². The van der Waals surface area contributed by atoms with Crippen LogP contribution in [-0.2, 0) is 26.5 Å². The summed E-state index contributed by atoms with van der Waals surface area (Å²) < 4.78 is 65.5. The maximum atomic E-state index is 14.3. The smallest absolute Gasteiger partial charge is 0.265 e. The molecular weight excluding hydrogens is 665 g/mol. The van der Waals surface area contributed by atoms with Crippen molar-refractivity contribution >= 4 is 42.6 Å². The van der Waals surface area contributed by atoms with Crippen molar-refractivity contribution in [3.8, 4) is 5.75 Å². The number of anilines is 2. The summed E-state index contributed by atoms with van der Waals surface area (Å²) in [5.74, 6) is 0.704. The number of rotatable bonds is 9. The lowest BCUT2D eigenvalue weighted by molar-refractivity contribution is 0.340. The number of aryl methyl sites for hydroxylation is 3. The van der Waals surface area contributed by atoms with Crippen LogP contribution in [0.25, 0.3) is 11.1 Å². The first-order chi connectivity index (χ1) is 23.5. The van der Waals surface area contributed by atoms with E-state index in [1.165, 1.54) is 4.31 Å². The van der Waals surface area contributed by atoms with Gasteiger partial charge in [0.2, 0.25) is 0 Å². The van der Waals surface area contributed by atoms with Gasteiger partial charge >= 0.3 is 0 Å². The van der Waals surface area contributed by atoms with Crippen LogP contribution in [0.4, 0.5) is 11.4 Å². The predicted octanol–water partition coefficient (Wildman–Crippen LogP) is 9.10. The number of hydrogen-bond acceptors (Lipinski definition) is 5. The summed E-state index contributed by atoms with van der Waals surface area (Å²) in [6.45, 7) is 16.0. The molecular formula is C41H46N2O5S2. The molecule has 6 rings (SSSR count). The molecule has 2 aliphatic heterocycles. The molecule has 0 bridgehead atoms. The van der Waals surface area contributed by atoms with E-state index >= 15 is 0 Å². The molecule has 0 atom stereocenters. The number of ether oxygens (including phenoxy) is 1. The van der Waals surface area contributed by atoms with Gasteiger partial charge in [-0.1, -0.05) is 54.1 Å². The Balaban J connectivity index is 1.28. The zero-order chi connectivity index (χ0) is 36.2. The van der Waals surface area contributed by atoms with E-state index in [4.69, 9.17) is 4.74 Å². The van der Waals surface area contributed by atoms with Gasteiger partial charge in [-0.2, -0.15) is 0 Å². The quantitative estimate of drug-likeness (QED) is 0.173. The van der Waals surface area contributed by atoms with Gasteiger partial charge in [0.1, 0.15) is 5.75 Å². The number of nitrogens with zero attached hydrogens (tertiary/aromatic N) is 2. The third-order valence-corrected chi connectivity index (χ3v) is 13.5. The summed E-state index contributed by atoms with van der Waals surface area (Å²) in [6.07, 6.45) is 5.35. The Hall–Kier alpha value is -4.34. The van der Waals surface area contributed by atoms with Crippen LogP contribution in [0.5, 0.6) is 5.75 Å². The molecule has 7 nitrogen and oxygen atoms in total. The minimum absolute atomic E-state index is 0.220. The van der Waals surface area contributed by atoms with Crippen molar-refractivity contribution in [3.63, 3.8) is 0 Å². The fourth-order valence-electron chi connectivity index (χ4n) is 7.31. The third-order valence-electron chi connectivity index (χ3n) is 9.49. The van der Waals surface area contributed by atoms with Gasteiger partial charge in [0.15, 0.2) is 0 Å². The van der Waals surface area contributed by atoms with Crippen molar-refractivity contribution in [1.29, 1.82) is 0 Å². The Morgan fingerprint density at radius 3 is 1.78 bits per heavy atom. The summed E-state index contributed by atoms with van der Waals surface area (Å²) in [4.78, 5) is 0.478. The SMILES string of the molecule is CCOc1ccc2c(c1)C(C)=CC(C)(C)N2S(=O)(=O)c1ccc(CCC2=CC(C)(C)N(S(=O)(=O)c3ccc(C)cc3)c3cc(C)ccc32)cc1. The highest BCUT2D eigenvalue weighted by Crippen LogP contribution is 2.45. The molecule has 2 heterocycles. The second kappa shape index (κ2) is 12.8. The van der Waals surface area contributed by atoms with Gasteiger partial charge in [-0.05, 0) is 139 Å². The van der Waals surface area contributed by atoms with E-state index in [-0.39, 0.29) is 9.79 Å². The van der Waals surface area contributed by atoms with Gasteiger partial charge in [0.05, 0.1) is 38.9 Å². The van der Waals surface area contributed by atoms with Crippen molar-refractivity contribution in [3.05, 3.63) is 125 Å². The van der Waals surface area contributed by atoms with Crippen LogP contribution in [0, 0.1) is 13.8 Å². The van der Waals surface area contributed by atoms with Crippen LogP contribution >= 0.6 is 0 Å². The van der Waals surface area contributed by atoms with E-state index in [0.29, 0.717) is 36.6 Å².